The molecule has 0 bridgehead atoms. The molecule has 0 spiro atoms. The van der Waals surface area contributed by atoms with Crippen LogP contribution in [0.3, 0.4) is 0 Å². The highest BCUT2D eigenvalue weighted by atomic mass is 32.2. The highest BCUT2D eigenvalue weighted by Crippen LogP contribution is 2.34. The number of aryl methyl sites for hydroxylation is 1. The highest BCUT2D eigenvalue weighted by Gasteiger charge is 2.25. The Morgan fingerprint density at radius 2 is 1.94 bits per heavy atom. The molecule has 0 aliphatic heterocycles. The summed E-state index contributed by atoms with van der Waals surface area (Å²) in [6.07, 6.45) is 2.33. The molecule has 0 N–H and O–H groups in total. The quantitative estimate of drug-likeness (QED) is 0.629. The van der Waals surface area contributed by atoms with E-state index in [2.05, 4.69) is 36.7 Å². The summed E-state index contributed by atoms with van der Waals surface area (Å²) < 4.78 is 2.04. The SMILES string of the molecule is CCC(CC)(CS)CSc1nnc(C)n1C. The zero-order valence-corrected chi connectivity index (χ0v) is 12.2. The molecule has 3 nitrogen and oxygen atoms in total. The summed E-state index contributed by atoms with van der Waals surface area (Å²) >= 11 is 6.27. The van der Waals surface area contributed by atoms with Crippen molar-refractivity contribution < 1.29 is 0 Å². The maximum atomic E-state index is 4.48. The number of thioether (sulfide) groups is 1. The lowest BCUT2D eigenvalue weighted by Gasteiger charge is -2.28. The van der Waals surface area contributed by atoms with Gasteiger partial charge in [-0.25, -0.2) is 0 Å². The van der Waals surface area contributed by atoms with Crippen LogP contribution in [0.2, 0.25) is 0 Å². The van der Waals surface area contributed by atoms with E-state index in [0.29, 0.717) is 5.41 Å². The molecule has 0 saturated carbocycles. The summed E-state index contributed by atoms with van der Waals surface area (Å²) in [6, 6.07) is 0. The van der Waals surface area contributed by atoms with Crippen molar-refractivity contribution in [2.45, 2.75) is 38.8 Å². The van der Waals surface area contributed by atoms with Gasteiger partial charge in [0.2, 0.25) is 0 Å². The van der Waals surface area contributed by atoms with Crippen LogP contribution < -0.4 is 0 Å². The highest BCUT2D eigenvalue weighted by molar-refractivity contribution is 7.99. The lowest BCUT2D eigenvalue weighted by Crippen LogP contribution is -2.24. The van der Waals surface area contributed by atoms with Crippen molar-refractivity contribution in [3.63, 3.8) is 0 Å². The van der Waals surface area contributed by atoms with Crippen molar-refractivity contribution in [2.75, 3.05) is 11.5 Å². The second kappa shape index (κ2) is 5.96. The van der Waals surface area contributed by atoms with E-state index in [0.717, 1.165) is 35.3 Å². The summed E-state index contributed by atoms with van der Waals surface area (Å²) in [4.78, 5) is 0. The molecule has 1 heterocycles. The minimum Gasteiger partial charge on any atom is -0.309 e. The fourth-order valence-corrected chi connectivity index (χ4v) is 3.53. The summed E-state index contributed by atoms with van der Waals surface area (Å²) in [5.74, 6) is 2.96. The molecule has 92 valence electrons. The van der Waals surface area contributed by atoms with E-state index in [1.54, 1.807) is 11.8 Å². The van der Waals surface area contributed by atoms with Crippen molar-refractivity contribution in [3.05, 3.63) is 5.82 Å². The van der Waals surface area contributed by atoms with Crippen LogP contribution in [0.1, 0.15) is 32.5 Å². The van der Waals surface area contributed by atoms with Gasteiger partial charge in [-0.15, -0.1) is 10.2 Å². The average Bonchev–Trinajstić information content (AvgIpc) is 2.63. The van der Waals surface area contributed by atoms with Crippen LogP contribution in [-0.2, 0) is 7.05 Å². The Labute approximate surface area is 108 Å². The second-order valence-electron chi connectivity index (χ2n) is 4.24. The maximum Gasteiger partial charge on any atom is 0.190 e. The molecule has 1 rings (SSSR count). The molecule has 0 amide bonds. The Kier molecular flexibility index (Phi) is 5.18. The molecule has 1 aromatic heterocycles. The van der Waals surface area contributed by atoms with Crippen LogP contribution in [0.25, 0.3) is 0 Å². The second-order valence-corrected chi connectivity index (χ2v) is 5.50. The lowest BCUT2D eigenvalue weighted by molar-refractivity contribution is 0.357. The van der Waals surface area contributed by atoms with Crippen LogP contribution in [0.4, 0.5) is 0 Å². The van der Waals surface area contributed by atoms with Gasteiger partial charge in [-0.1, -0.05) is 25.6 Å². The third kappa shape index (κ3) is 2.94. The number of aromatic nitrogens is 3. The van der Waals surface area contributed by atoms with Gasteiger partial charge in [-0.05, 0) is 30.9 Å². The van der Waals surface area contributed by atoms with Crippen LogP contribution >= 0.6 is 24.4 Å². The maximum absolute atomic E-state index is 4.48. The topological polar surface area (TPSA) is 30.7 Å². The largest absolute Gasteiger partial charge is 0.309 e. The third-order valence-electron chi connectivity index (χ3n) is 3.40. The van der Waals surface area contributed by atoms with Crippen molar-refractivity contribution in [1.29, 1.82) is 0 Å². The molecule has 0 saturated heterocycles. The van der Waals surface area contributed by atoms with Crippen LogP contribution in [0.5, 0.6) is 0 Å². The average molecular weight is 259 g/mol. The molecule has 1 aromatic rings. The molecule has 16 heavy (non-hydrogen) atoms. The standard InChI is InChI=1S/C11H21N3S2/c1-5-11(6-2,7-15)8-16-10-13-12-9(3)14(10)4/h15H,5-8H2,1-4H3. The van der Waals surface area contributed by atoms with Gasteiger partial charge in [0.25, 0.3) is 0 Å². The summed E-state index contributed by atoms with van der Waals surface area (Å²) in [5, 5.41) is 9.24. The molecule has 0 aliphatic carbocycles. The fourth-order valence-electron chi connectivity index (χ4n) is 1.45. The van der Waals surface area contributed by atoms with Crippen molar-refractivity contribution in [1.82, 2.24) is 14.8 Å². The molecule has 0 aromatic carbocycles. The van der Waals surface area contributed by atoms with Crippen LogP contribution in [0, 0.1) is 12.3 Å². The summed E-state index contributed by atoms with van der Waals surface area (Å²) in [5.41, 5.74) is 0.327. The van der Waals surface area contributed by atoms with E-state index in [1.165, 1.54) is 0 Å². The predicted molar refractivity (Wildman–Crippen MR) is 73.3 cm³/mol. The molecule has 0 atom stereocenters. The normalized spacial score (nSPS) is 12.1. The molecule has 5 heteroatoms. The number of thiol groups is 1. The van der Waals surface area contributed by atoms with Gasteiger partial charge in [-0.3, -0.25) is 0 Å². The summed E-state index contributed by atoms with van der Waals surface area (Å²) in [7, 11) is 2.01. The van der Waals surface area contributed by atoms with Gasteiger partial charge in [0.05, 0.1) is 0 Å². The first kappa shape index (κ1) is 13.9. The first-order chi connectivity index (χ1) is 7.58. The minimum absolute atomic E-state index is 0.327. The van der Waals surface area contributed by atoms with E-state index < -0.39 is 0 Å². The minimum atomic E-state index is 0.327. The molecule has 0 aliphatic rings. The monoisotopic (exact) mass is 259 g/mol. The lowest BCUT2D eigenvalue weighted by atomic mass is 9.87. The van der Waals surface area contributed by atoms with E-state index >= 15 is 0 Å². The van der Waals surface area contributed by atoms with E-state index in [4.69, 9.17) is 0 Å². The number of hydrogen-bond donors (Lipinski definition) is 1. The molecule has 0 radical (unpaired) electrons. The Morgan fingerprint density at radius 1 is 1.31 bits per heavy atom. The van der Waals surface area contributed by atoms with Crippen molar-refractivity contribution in [3.8, 4) is 0 Å². The molecular weight excluding hydrogens is 238 g/mol. The van der Waals surface area contributed by atoms with E-state index in [9.17, 15) is 0 Å². The fraction of sp³-hybridized carbons (Fsp3) is 0.818. The van der Waals surface area contributed by atoms with Crippen LogP contribution in [0.15, 0.2) is 5.16 Å². The first-order valence-electron chi connectivity index (χ1n) is 5.68. The van der Waals surface area contributed by atoms with Gasteiger partial charge in [0.15, 0.2) is 5.16 Å². The van der Waals surface area contributed by atoms with E-state index in [-0.39, 0.29) is 0 Å². The van der Waals surface area contributed by atoms with Gasteiger partial charge < -0.3 is 4.57 Å². The van der Waals surface area contributed by atoms with Gasteiger partial charge in [0, 0.05) is 12.8 Å². The molecular formula is C11H21N3S2. The Morgan fingerprint density at radius 3 is 2.31 bits per heavy atom. The Balaban J connectivity index is 2.66. The van der Waals surface area contributed by atoms with Crippen molar-refractivity contribution >= 4 is 24.4 Å². The van der Waals surface area contributed by atoms with Gasteiger partial charge in [-0.2, -0.15) is 12.6 Å². The molecule has 0 unspecified atom stereocenters. The number of rotatable bonds is 6. The first-order valence-corrected chi connectivity index (χ1v) is 7.30. The van der Waals surface area contributed by atoms with E-state index in [1.807, 2.05) is 18.5 Å². The van der Waals surface area contributed by atoms with Gasteiger partial charge >= 0.3 is 0 Å². The zero-order valence-electron chi connectivity index (χ0n) is 10.5. The predicted octanol–water partition coefficient (Wildman–Crippen LogP) is 2.95. The Hall–Kier alpha value is -0.160. The van der Waals surface area contributed by atoms with Crippen LogP contribution in [-0.4, -0.2) is 26.3 Å². The third-order valence-corrected chi connectivity index (χ3v) is 5.44. The zero-order chi connectivity index (χ0) is 12.2. The number of nitrogens with zero attached hydrogens (tertiary/aromatic N) is 3. The summed E-state index contributed by atoms with van der Waals surface area (Å²) in [6.45, 7) is 6.45. The number of hydrogen-bond acceptors (Lipinski definition) is 4. The van der Waals surface area contributed by atoms with Gasteiger partial charge in [0.1, 0.15) is 5.82 Å². The smallest absolute Gasteiger partial charge is 0.190 e. The Bertz CT molecular complexity index is 324. The molecule has 0 fully saturated rings. The van der Waals surface area contributed by atoms with Crippen molar-refractivity contribution in [2.24, 2.45) is 12.5 Å².